The van der Waals surface area contributed by atoms with E-state index in [1.54, 1.807) is 0 Å². The Balaban J connectivity index is 2.35. The van der Waals surface area contributed by atoms with Crippen molar-refractivity contribution in [3.63, 3.8) is 0 Å². The first-order valence-electron chi connectivity index (χ1n) is 5.01. The molecule has 3 nitrogen and oxygen atoms in total. The molecule has 0 spiro atoms. The van der Waals surface area contributed by atoms with E-state index in [4.69, 9.17) is 11.6 Å². The molecule has 98 valence electrons. The lowest BCUT2D eigenvalue weighted by Crippen LogP contribution is -1.94. The summed E-state index contributed by atoms with van der Waals surface area (Å²) in [7, 11) is 0. The summed E-state index contributed by atoms with van der Waals surface area (Å²) in [6, 6.07) is 4.47. The highest BCUT2D eigenvalue weighted by Gasteiger charge is 2.09. The van der Waals surface area contributed by atoms with Gasteiger partial charge in [0, 0.05) is 17.8 Å². The molecular formula is C12H6ClF3N2O. The average molecular weight is 287 g/mol. The number of pyridine rings is 1. The molecule has 2 aromatic rings. The van der Waals surface area contributed by atoms with Crippen molar-refractivity contribution in [3.8, 4) is 5.75 Å². The highest BCUT2D eigenvalue weighted by atomic mass is 35.5. The summed E-state index contributed by atoms with van der Waals surface area (Å²) in [6.07, 6.45) is 1.02. The molecule has 0 aliphatic carbocycles. The van der Waals surface area contributed by atoms with E-state index in [0.29, 0.717) is 0 Å². The minimum atomic E-state index is -1.33. The van der Waals surface area contributed by atoms with Gasteiger partial charge in [-0.15, -0.1) is 0 Å². The number of aromatic hydroxyl groups is 1. The van der Waals surface area contributed by atoms with Crippen LogP contribution < -0.4 is 0 Å². The maximum Gasteiger partial charge on any atom is 0.258 e. The molecule has 1 aromatic heterocycles. The van der Waals surface area contributed by atoms with Crippen LogP contribution in [0.5, 0.6) is 5.75 Å². The fourth-order valence-electron chi connectivity index (χ4n) is 1.30. The molecule has 1 aromatic carbocycles. The van der Waals surface area contributed by atoms with Crippen molar-refractivity contribution in [2.45, 2.75) is 0 Å². The van der Waals surface area contributed by atoms with Gasteiger partial charge in [0.25, 0.3) is 5.95 Å². The maximum atomic E-state index is 12.9. The van der Waals surface area contributed by atoms with Crippen molar-refractivity contribution in [1.29, 1.82) is 0 Å². The minimum absolute atomic E-state index is 0.133. The molecule has 1 N–H and O–H groups in total. The number of rotatable bonds is 2. The second-order valence-corrected chi connectivity index (χ2v) is 3.94. The van der Waals surface area contributed by atoms with Crippen LogP contribution in [0.2, 0.25) is 5.02 Å². The molecule has 0 atom stereocenters. The molecule has 0 saturated carbocycles. The van der Waals surface area contributed by atoms with Gasteiger partial charge in [-0.2, -0.15) is 13.8 Å². The second-order valence-electron chi connectivity index (χ2n) is 3.53. The molecule has 7 heteroatoms. The lowest BCUT2D eigenvalue weighted by molar-refractivity contribution is 0.405. The molecule has 0 amide bonds. The minimum Gasteiger partial charge on any atom is -0.503 e. The fraction of sp³-hybridized carbons (Fsp3) is 0. The van der Waals surface area contributed by atoms with Gasteiger partial charge in [0.15, 0.2) is 5.75 Å². The van der Waals surface area contributed by atoms with E-state index in [1.165, 1.54) is 12.1 Å². The van der Waals surface area contributed by atoms with Crippen LogP contribution in [0.15, 0.2) is 29.3 Å². The normalized spacial score (nSPS) is 11.2. The molecule has 0 aliphatic heterocycles. The Morgan fingerprint density at radius 3 is 2.63 bits per heavy atom. The molecule has 0 unspecified atom stereocenters. The van der Waals surface area contributed by atoms with Gasteiger partial charge in [0.05, 0.1) is 10.7 Å². The second kappa shape index (κ2) is 5.27. The molecular weight excluding hydrogens is 281 g/mol. The zero-order valence-corrected chi connectivity index (χ0v) is 10.00. The van der Waals surface area contributed by atoms with Gasteiger partial charge >= 0.3 is 0 Å². The molecule has 0 fully saturated rings. The van der Waals surface area contributed by atoms with Crippen LogP contribution in [0, 0.1) is 17.7 Å². The molecule has 2 rings (SSSR count). The van der Waals surface area contributed by atoms with E-state index in [9.17, 15) is 18.3 Å². The van der Waals surface area contributed by atoms with E-state index in [0.717, 1.165) is 18.3 Å². The largest absolute Gasteiger partial charge is 0.503 e. The Hall–Kier alpha value is -2.08. The number of hydrogen-bond donors (Lipinski definition) is 1. The predicted octanol–water partition coefficient (Wildman–Crippen LogP) is 3.61. The maximum absolute atomic E-state index is 12.9. The molecule has 1 heterocycles. The summed E-state index contributed by atoms with van der Waals surface area (Å²) < 4.78 is 38.7. The van der Waals surface area contributed by atoms with Crippen molar-refractivity contribution in [2.75, 3.05) is 0 Å². The molecule has 0 saturated heterocycles. The van der Waals surface area contributed by atoms with Crippen LogP contribution in [0.1, 0.15) is 5.56 Å². The van der Waals surface area contributed by atoms with Gasteiger partial charge in [-0.3, -0.25) is 4.99 Å². The Morgan fingerprint density at radius 2 is 1.95 bits per heavy atom. The zero-order chi connectivity index (χ0) is 14.0. The van der Waals surface area contributed by atoms with Crippen LogP contribution in [0.25, 0.3) is 0 Å². The smallest absolute Gasteiger partial charge is 0.258 e. The quantitative estimate of drug-likeness (QED) is 0.677. The lowest BCUT2D eigenvalue weighted by atomic mass is 10.2. The number of aromatic nitrogens is 1. The summed E-state index contributed by atoms with van der Waals surface area (Å²) in [5, 5.41) is 9.18. The monoisotopic (exact) mass is 286 g/mol. The number of nitrogens with zero attached hydrogens (tertiary/aromatic N) is 2. The molecule has 0 bridgehead atoms. The summed E-state index contributed by atoms with van der Waals surface area (Å²) >= 11 is 5.55. The van der Waals surface area contributed by atoms with Gasteiger partial charge in [-0.1, -0.05) is 11.6 Å². The van der Waals surface area contributed by atoms with Crippen molar-refractivity contribution < 1.29 is 18.3 Å². The van der Waals surface area contributed by atoms with Crippen molar-refractivity contribution in [2.24, 2.45) is 4.99 Å². The predicted molar refractivity (Wildman–Crippen MR) is 64.5 cm³/mol. The van der Waals surface area contributed by atoms with E-state index in [1.807, 2.05) is 0 Å². The SMILES string of the molecule is Oc1c(C=Nc2ccc(F)c(Cl)c2)cc(F)nc1F. The van der Waals surface area contributed by atoms with Gasteiger partial charge in [0.1, 0.15) is 5.82 Å². The first kappa shape index (κ1) is 13.4. The Kier molecular flexibility index (Phi) is 3.71. The summed E-state index contributed by atoms with van der Waals surface area (Å²) in [5.74, 6) is -3.85. The summed E-state index contributed by atoms with van der Waals surface area (Å²) in [6.45, 7) is 0. The average Bonchev–Trinajstić information content (AvgIpc) is 2.36. The number of benzene rings is 1. The third-order valence-electron chi connectivity index (χ3n) is 2.20. The highest BCUT2D eigenvalue weighted by molar-refractivity contribution is 6.31. The van der Waals surface area contributed by atoms with E-state index in [2.05, 4.69) is 9.98 Å². The van der Waals surface area contributed by atoms with Gasteiger partial charge in [-0.05, 0) is 18.2 Å². The number of aliphatic imine (C=N–C) groups is 1. The third kappa shape index (κ3) is 3.03. The van der Waals surface area contributed by atoms with Crippen LogP contribution >= 0.6 is 11.6 Å². The zero-order valence-electron chi connectivity index (χ0n) is 9.24. The van der Waals surface area contributed by atoms with Crippen molar-refractivity contribution in [1.82, 2.24) is 4.98 Å². The highest BCUT2D eigenvalue weighted by Crippen LogP contribution is 2.23. The van der Waals surface area contributed by atoms with Crippen molar-refractivity contribution in [3.05, 3.63) is 52.6 Å². The van der Waals surface area contributed by atoms with Crippen LogP contribution in [0.4, 0.5) is 18.9 Å². The number of halogens is 4. The Morgan fingerprint density at radius 1 is 1.21 bits per heavy atom. The third-order valence-corrected chi connectivity index (χ3v) is 2.49. The van der Waals surface area contributed by atoms with Crippen LogP contribution in [-0.4, -0.2) is 16.3 Å². The molecule has 0 radical (unpaired) electrons. The first-order chi connectivity index (χ1) is 8.97. The van der Waals surface area contributed by atoms with Gasteiger partial charge in [-0.25, -0.2) is 4.39 Å². The van der Waals surface area contributed by atoms with E-state index >= 15 is 0 Å². The van der Waals surface area contributed by atoms with Crippen LogP contribution in [0.3, 0.4) is 0 Å². The Bertz CT molecular complexity index is 662. The summed E-state index contributed by atoms with van der Waals surface area (Å²) in [5.41, 5.74) is 0.0777. The van der Waals surface area contributed by atoms with Gasteiger partial charge < -0.3 is 5.11 Å². The Labute approximate surface area is 111 Å². The number of hydrogen-bond acceptors (Lipinski definition) is 3. The van der Waals surface area contributed by atoms with Crippen LogP contribution in [-0.2, 0) is 0 Å². The molecule has 19 heavy (non-hydrogen) atoms. The topological polar surface area (TPSA) is 45.5 Å². The molecule has 0 aliphatic rings. The van der Waals surface area contributed by atoms with E-state index < -0.39 is 23.5 Å². The summed E-state index contributed by atoms with van der Waals surface area (Å²) in [4.78, 5) is 6.62. The van der Waals surface area contributed by atoms with Crippen molar-refractivity contribution >= 4 is 23.5 Å². The fourth-order valence-corrected chi connectivity index (χ4v) is 1.48. The first-order valence-corrected chi connectivity index (χ1v) is 5.39. The van der Waals surface area contributed by atoms with Gasteiger partial charge in [0.2, 0.25) is 5.95 Å². The standard InChI is InChI=1S/C12H6ClF3N2O/c13-8-4-7(1-2-9(8)14)17-5-6-3-10(15)18-12(16)11(6)19/h1-5,19H. The lowest BCUT2D eigenvalue weighted by Gasteiger charge is -2.00. The van der Waals surface area contributed by atoms with E-state index in [-0.39, 0.29) is 16.3 Å².